The molecule has 7 heteroatoms. The van der Waals surface area contributed by atoms with Gasteiger partial charge in [0.05, 0.1) is 9.90 Å². The van der Waals surface area contributed by atoms with Crippen LogP contribution in [0.5, 0.6) is 0 Å². The molecule has 1 heterocycles. The molecule has 15 heavy (non-hydrogen) atoms. The zero-order chi connectivity index (χ0) is 11.6. The first kappa shape index (κ1) is 12.0. The fraction of sp³-hybridized carbons (Fsp3) is 0.250. The molecule has 3 N–H and O–H groups in total. The van der Waals surface area contributed by atoms with Gasteiger partial charge in [-0.2, -0.15) is 0 Å². The summed E-state index contributed by atoms with van der Waals surface area (Å²) in [5, 5.41) is 20.1. The second-order valence-corrected chi connectivity index (χ2v) is 4.45. The second kappa shape index (κ2) is 4.61. The van der Waals surface area contributed by atoms with Gasteiger partial charge in [-0.05, 0) is 13.0 Å². The highest BCUT2D eigenvalue weighted by Crippen LogP contribution is 2.31. The average molecular weight is 250 g/mol. The van der Waals surface area contributed by atoms with E-state index >= 15 is 0 Å². The van der Waals surface area contributed by atoms with Gasteiger partial charge in [-0.1, -0.05) is 11.6 Å². The van der Waals surface area contributed by atoms with E-state index in [1.54, 1.807) is 0 Å². The number of aliphatic hydroxyl groups is 1. The summed E-state index contributed by atoms with van der Waals surface area (Å²) < 4.78 is 0.258. The van der Waals surface area contributed by atoms with E-state index in [9.17, 15) is 9.59 Å². The zero-order valence-corrected chi connectivity index (χ0v) is 9.22. The molecule has 1 rings (SSSR count). The number of carboxylic acids is 1. The van der Waals surface area contributed by atoms with Crippen molar-refractivity contribution >= 4 is 39.8 Å². The number of amides is 1. The number of rotatable bonds is 3. The number of anilines is 1. The Morgan fingerprint density at radius 1 is 1.60 bits per heavy atom. The normalized spacial score (nSPS) is 12.2. The number of halogens is 1. The van der Waals surface area contributed by atoms with Crippen molar-refractivity contribution in [1.82, 2.24) is 0 Å². The number of carboxylic acid groups (broad SMARTS) is 1. The lowest BCUT2D eigenvalue weighted by molar-refractivity contribution is -0.123. The van der Waals surface area contributed by atoms with Gasteiger partial charge in [-0.25, -0.2) is 4.79 Å². The molecular weight excluding hydrogens is 242 g/mol. The summed E-state index contributed by atoms with van der Waals surface area (Å²) in [6.45, 7) is 1.28. The molecule has 1 aromatic rings. The lowest BCUT2D eigenvalue weighted by atomic mass is 10.3. The van der Waals surface area contributed by atoms with Crippen molar-refractivity contribution < 1.29 is 19.8 Å². The Balaban J connectivity index is 2.94. The van der Waals surface area contributed by atoms with E-state index in [4.69, 9.17) is 21.8 Å². The standard InChI is InChI=1S/C8H8ClNO4S/c1-3(11)6(12)10-7-4(8(13)14)2-5(9)15-7/h2-3,11H,1H3,(H,10,12)(H,13,14)/t3-/m0/s1. The van der Waals surface area contributed by atoms with E-state index in [0.717, 1.165) is 11.3 Å². The lowest BCUT2D eigenvalue weighted by Crippen LogP contribution is -2.24. The van der Waals surface area contributed by atoms with Crippen LogP contribution in [0.3, 0.4) is 0 Å². The number of hydrogen-bond acceptors (Lipinski definition) is 4. The Morgan fingerprint density at radius 3 is 2.67 bits per heavy atom. The molecule has 82 valence electrons. The Bertz CT molecular complexity index is 401. The fourth-order valence-corrected chi connectivity index (χ4v) is 1.95. The van der Waals surface area contributed by atoms with E-state index < -0.39 is 18.0 Å². The van der Waals surface area contributed by atoms with E-state index in [0.29, 0.717) is 0 Å². The van der Waals surface area contributed by atoms with Crippen LogP contribution < -0.4 is 5.32 Å². The molecule has 0 spiro atoms. The van der Waals surface area contributed by atoms with Crippen LogP contribution in [0.4, 0.5) is 5.00 Å². The maximum Gasteiger partial charge on any atom is 0.338 e. The molecule has 0 aliphatic carbocycles. The lowest BCUT2D eigenvalue weighted by Gasteiger charge is -2.05. The molecular formula is C8H8ClNO4S. The van der Waals surface area contributed by atoms with Crippen molar-refractivity contribution in [3.05, 3.63) is 16.0 Å². The number of aromatic carboxylic acids is 1. The van der Waals surface area contributed by atoms with Gasteiger partial charge in [0, 0.05) is 0 Å². The van der Waals surface area contributed by atoms with Gasteiger partial charge in [0.15, 0.2) is 0 Å². The summed E-state index contributed by atoms with van der Waals surface area (Å²) in [6, 6.07) is 1.24. The van der Waals surface area contributed by atoms with Crippen LogP contribution in [-0.4, -0.2) is 28.2 Å². The minimum absolute atomic E-state index is 0.0843. The maximum atomic E-state index is 11.1. The Morgan fingerprint density at radius 2 is 2.20 bits per heavy atom. The largest absolute Gasteiger partial charge is 0.478 e. The Hall–Kier alpha value is -1.11. The first-order valence-electron chi connectivity index (χ1n) is 3.93. The number of carbonyl (C=O) groups is 2. The van der Waals surface area contributed by atoms with Crippen LogP contribution in [0.1, 0.15) is 17.3 Å². The molecule has 0 radical (unpaired) electrons. The number of carbonyl (C=O) groups excluding carboxylic acids is 1. The first-order chi connectivity index (χ1) is 6.91. The minimum Gasteiger partial charge on any atom is -0.478 e. The number of nitrogens with one attached hydrogen (secondary N) is 1. The van der Waals surface area contributed by atoms with Crippen molar-refractivity contribution in [2.45, 2.75) is 13.0 Å². The highest BCUT2D eigenvalue weighted by Gasteiger charge is 2.18. The first-order valence-corrected chi connectivity index (χ1v) is 5.13. The molecule has 0 aliphatic rings. The predicted molar refractivity (Wildman–Crippen MR) is 56.6 cm³/mol. The molecule has 5 nitrogen and oxygen atoms in total. The highest BCUT2D eigenvalue weighted by molar-refractivity contribution is 7.20. The van der Waals surface area contributed by atoms with Crippen LogP contribution in [0.15, 0.2) is 6.07 Å². The van der Waals surface area contributed by atoms with E-state index in [1.165, 1.54) is 13.0 Å². The van der Waals surface area contributed by atoms with Crippen LogP contribution >= 0.6 is 22.9 Å². The van der Waals surface area contributed by atoms with Gasteiger partial charge in [0.1, 0.15) is 11.1 Å². The monoisotopic (exact) mass is 249 g/mol. The molecule has 0 saturated heterocycles. The van der Waals surface area contributed by atoms with E-state index in [-0.39, 0.29) is 14.9 Å². The van der Waals surface area contributed by atoms with E-state index in [2.05, 4.69) is 5.32 Å². The molecule has 0 aliphatic heterocycles. The average Bonchev–Trinajstić information content (AvgIpc) is 2.46. The summed E-state index contributed by atoms with van der Waals surface area (Å²) in [7, 11) is 0. The predicted octanol–water partition coefficient (Wildman–Crippen LogP) is 1.42. The van der Waals surface area contributed by atoms with Gasteiger partial charge >= 0.3 is 5.97 Å². The van der Waals surface area contributed by atoms with Gasteiger partial charge in [0.2, 0.25) is 0 Å². The molecule has 0 unspecified atom stereocenters. The summed E-state index contributed by atoms with van der Waals surface area (Å²) in [4.78, 5) is 21.8. The van der Waals surface area contributed by atoms with E-state index in [1.807, 2.05) is 0 Å². The topological polar surface area (TPSA) is 86.6 Å². The van der Waals surface area contributed by atoms with Crippen LogP contribution in [0.2, 0.25) is 4.34 Å². The third-order valence-electron chi connectivity index (χ3n) is 1.55. The summed E-state index contributed by atoms with van der Waals surface area (Å²) >= 11 is 6.54. The summed E-state index contributed by atoms with van der Waals surface area (Å²) in [5.74, 6) is -1.85. The molecule has 0 saturated carbocycles. The summed E-state index contributed by atoms with van der Waals surface area (Å²) in [5.41, 5.74) is -0.0843. The van der Waals surface area contributed by atoms with Crippen molar-refractivity contribution in [3.63, 3.8) is 0 Å². The smallest absolute Gasteiger partial charge is 0.338 e. The molecule has 0 aromatic carbocycles. The van der Waals surface area contributed by atoms with Crippen molar-refractivity contribution in [3.8, 4) is 0 Å². The molecule has 0 fully saturated rings. The van der Waals surface area contributed by atoms with Crippen molar-refractivity contribution in [2.75, 3.05) is 5.32 Å². The third kappa shape index (κ3) is 2.92. The van der Waals surface area contributed by atoms with Gasteiger partial charge in [0.25, 0.3) is 5.91 Å². The molecule has 1 amide bonds. The van der Waals surface area contributed by atoms with Gasteiger partial charge in [-0.3, -0.25) is 4.79 Å². The number of thiophene rings is 1. The zero-order valence-electron chi connectivity index (χ0n) is 7.65. The number of aliphatic hydroxyl groups excluding tert-OH is 1. The highest BCUT2D eigenvalue weighted by atomic mass is 35.5. The SMILES string of the molecule is C[C@H](O)C(=O)Nc1sc(Cl)cc1C(=O)O. The third-order valence-corrected chi connectivity index (χ3v) is 2.73. The molecule has 0 bridgehead atoms. The maximum absolute atomic E-state index is 11.1. The second-order valence-electron chi connectivity index (χ2n) is 2.76. The van der Waals surface area contributed by atoms with Crippen molar-refractivity contribution in [1.29, 1.82) is 0 Å². The number of hydrogen-bond donors (Lipinski definition) is 3. The van der Waals surface area contributed by atoms with Gasteiger partial charge < -0.3 is 15.5 Å². The quantitative estimate of drug-likeness (QED) is 0.756. The van der Waals surface area contributed by atoms with Crippen LogP contribution in [0, 0.1) is 0 Å². The van der Waals surface area contributed by atoms with Crippen molar-refractivity contribution in [2.24, 2.45) is 0 Å². The fourth-order valence-electron chi connectivity index (χ4n) is 0.829. The van der Waals surface area contributed by atoms with Crippen LogP contribution in [-0.2, 0) is 4.79 Å². The van der Waals surface area contributed by atoms with Crippen LogP contribution in [0.25, 0.3) is 0 Å². The summed E-state index contributed by atoms with van der Waals surface area (Å²) in [6.07, 6.45) is -1.20. The molecule has 1 atom stereocenters. The minimum atomic E-state index is -1.20. The Kier molecular flexibility index (Phi) is 3.67. The Labute approximate surface area is 94.3 Å². The molecule has 1 aromatic heterocycles. The van der Waals surface area contributed by atoms with Gasteiger partial charge in [-0.15, -0.1) is 11.3 Å².